The summed E-state index contributed by atoms with van der Waals surface area (Å²) in [6, 6.07) is 4.48. The molecule has 0 radical (unpaired) electrons. The Morgan fingerprint density at radius 3 is 2.61 bits per heavy atom. The molecule has 0 saturated heterocycles. The van der Waals surface area contributed by atoms with Crippen LogP contribution in [-0.2, 0) is 10.0 Å². The smallest absolute Gasteiger partial charge is 0.242 e. The molecule has 100 valence electrons. The minimum absolute atomic E-state index is 0.0171. The highest BCUT2D eigenvalue weighted by molar-refractivity contribution is 7.89. The third-order valence-corrected chi connectivity index (χ3v) is 5.38. The van der Waals surface area contributed by atoms with Gasteiger partial charge in [-0.05, 0) is 30.9 Å². The molecule has 0 bridgehead atoms. The van der Waals surface area contributed by atoms with Crippen molar-refractivity contribution in [2.75, 3.05) is 6.54 Å². The van der Waals surface area contributed by atoms with Crippen LogP contribution in [0.25, 0.3) is 0 Å². The van der Waals surface area contributed by atoms with E-state index in [0.29, 0.717) is 19.4 Å². The molecule has 7 heteroatoms. The van der Waals surface area contributed by atoms with Crippen molar-refractivity contribution < 1.29 is 13.5 Å². The third-order valence-electron chi connectivity index (χ3n) is 2.98. The predicted octanol–water partition coefficient (Wildman–Crippen LogP) is 2.04. The minimum atomic E-state index is -3.65. The normalized spacial score (nSPS) is 23.7. The Morgan fingerprint density at radius 1 is 1.33 bits per heavy atom. The van der Waals surface area contributed by atoms with Crippen molar-refractivity contribution in [3.63, 3.8) is 0 Å². The summed E-state index contributed by atoms with van der Waals surface area (Å²) in [7, 11) is -3.65. The molecule has 0 unspecified atom stereocenters. The van der Waals surface area contributed by atoms with E-state index in [2.05, 4.69) is 4.72 Å². The van der Waals surface area contributed by atoms with E-state index in [1.165, 1.54) is 18.2 Å². The molecule has 0 heterocycles. The second-order valence-electron chi connectivity index (χ2n) is 4.40. The van der Waals surface area contributed by atoms with Gasteiger partial charge in [0.25, 0.3) is 0 Å². The Kier molecular flexibility index (Phi) is 4.18. The summed E-state index contributed by atoms with van der Waals surface area (Å²) in [5.74, 6) is 0.188. The van der Waals surface area contributed by atoms with Gasteiger partial charge >= 0.3 is 0 Å². The van der Waals surface area contributed by atoms with Gasteiger partial charge in [0.05, 0.1) is 16.1 Å². The zero-order chi connectivity index (χ0) is 13.3. The molecule has 0 spiro atoms. The topological polar surface area (TPSA) is 66.4 Å². The molecule has 1 aromatic rings. The molecule has 1 aromatic carbocycles. The maximum atomic E-state index is 12.0. The molecule has 18 heavy (non-hydrogen) atoms. The molecule has 0 aromatic heterocycles. The fourth-order valence-electron chi connectivity index (χ4n) is 1.86. The van der Waals surface area contributed by atoms with Gasteiger partial charge < -0.3 is 5.11 Å². The number of benzene rings is 1. The largest absolute Gasteiger partial charge is 0.393 e. The maximum Gasteiger partial charge on any atom is 0.242 e. The quantitative estimate of drug-likeness (QED) is 0.894. The van der Waals surface area contributed by atoms with E-state index in [-0.39, 0.29) is 27.0 Å². The van der Waals surface area contributed by atoms with Gasteiger partial charge in [-0.2, -0.15) is 0 Å². The monoisotopic (exact) mass is 309 g/mol. The van der Waals surface area contributed by atoms with Crippen LogP contribution in [0.4, 0.5) is 0 Å². The van der Waals surface area contributed by atoms with Crippen LogP contribution in [-0.4, -0.2) is 26.2 Å². The average Bonchev–Trinajstić information content (AvgIpc) is 2.26. The van der Waals surface area contributed by atoms with E-state index in [0.717, 1.165) is 0 Å². The lowest BCUT2D eigenvalue weighted by Crippen LogP contribution is -2.38. The first-order valence-corrected chi connectivity index (χ1v) is 7.76. The van der Waals surface area contributed by atoms with Gasteiger partial charge in [0, 0.05) is 6.54 Å². The summed E-state index contributed by atoms with van der Waals surface area (Å²) < 4.78 is 26.5. The number of halogens is 2. The Bertz CT molecular complexity index is 541. The van der Waals surface area contributed by atoms with Crippen molar-refractivity contribution in [2.24, 2.45) is 5.92 Å². The van der Waals surface area contributed by atoms with Crippen LogP contribution < -0.4 is 4.72 Å². The van der Waals surface area contributed by atoms with Crippen LogP contribution in [0.5, 0.6) is 0 Å². The highest BCUT2D eigenvalue weighted by Crippen LogP contribution is 2.30. The van der Waals surface area contributed by atoms with Gasteiger partial charge in [-0.3, -0.25) is 0 Å². The summed E-state index contributed by atoms with van der Waals surface area (Å²) in [6.07, 6.45) is 0.965. The summed E-state index contributed by atoms with van der Waals surface area (Å²) in [4.78, 5) is -0.0171. The fourth-order valence-corrected chi connectivity index (χ4v) is 3.74. The number of hydrogen-bond donors (Lipinski definition) is 2. The molecular weight excluding hydrogens is 297 g/mol. The molecule has 1 fully saturated rings. The van der Waals surface area contributed by atoms with Crippen LogP contribution in [0.3, 0.4) is 0 Å². The van der Waals surface area contributed by atoms with Crippen molar-refractivity contribution in [1.29, 1.82) is 0 Å². The fraction of sp³-hybridized carbons (Fsp3) is 0.455. The summed E-state index contributed by atoms with van der Waals surface area (Å²) in [5, 5.41) is 9.36. The van der Waals surface area contributed by atoms with Crippen molar-refractivity contribution >= 4 is 33.2 Å². The first-order valence-electron chi connectivity index (χ1n) is 5.52. The zero-order valence-corrected chi connectivity index (χ0v) is 11.8. The summed E-state index contributed by atoms with van der Waals surface area (Å²) in [5.41, 5.74) is 0. The van der Waals surface area contributed by atoms with Gasteiger partial charge in [-0.1, -0.05) is 29.3 Å². The SMILES string of the molecule is O=S(=O)(NCC1CC(O)C1)c1cccc(Cl)c1Cl. The Morgan fingerprint density at radius 2 is 2.00 bits per heavy atom. The minimum Gasteiger partial charge on any atom is -0.393 e. The highest BCUT2D eigenvalue weighted by atomic mass is 35.5. The van der Waals surface area contributed by atoms with Gasteiger partial charge in [-0.15, -0.1) is 0 Å². The Hall–Kier alpha value is -0.330. The number of rotatable bonds is 4. The summed E-state index contributed by atoms with van der Waals surface area (Å²) in [6.45, 7) is 0.308. The van der Waals surface area contributed by atoms with Crippen molar-refractivity contribution in [3.8, 4) is 0 Å². The van der Waals surface area contributed by atoms with Crippen molar-refractivity contribution in [1.82, 2.24) is 4.72 Å². The van der Waals surface area contributed by atoms with Crippen molar-refractivity contribution in [3.05, 3.63) is 28.2 Å². The highest BCUT2D eigenvalue weighted by Gasteiger charge is 2.29. The molecule has 1 aliphatic rings. The maximum absolute atomic E-state index is 12.0. The lowest BCUT2D eigenvalue weighted by Gasteiger charge is -2.31. The van der Waals surface area contributed by atoms with Gasteiger partial charge in [-0.25, -0.2) is 13.1 Å². The van der Waals surface area contributed by atoms with Gasteiger partial charge in [0.1, 0.15) is 4.90 Å². The number of hydrogen-bond acceptors (Lipinski definition) is 3. The second-order valence-corrected chi connectivity index (χ2v) is 6.92. The van der Waals surface area contributed by atoms with E-state index in [1.54, 1.807) is 0 Å². The van der Waals surface area contributed by atoms with Crippen LogP contribution in [0, 0.1) is 5.92 Å². The molecule has 0 amide bonds. The van der Waals surface area contributed by atoms with Crippen LogP contribution in [0.15, 0.2) is 23.1 Å². The zero-order valence-electron chi connectivity index (χ0n) is 9.44. The third kappa shape index (κ3) is 2.97. The van der Waals surface area contributed by atoms with Crippen LogP contribution in [0.1, 0.15) is 12.8 Å². The first-order chi connectivity index (χ1) is 8.40. The van der Waals surface area contributed by atoms with E-state index in [9.17, 15) is 8.42 Å². The van der Waals surface area contributed by atoms with Gasteiger partial charge in [0.15, 0.2) is 0 Å². The number of sulfonamides is 1. The molecule has 2 N–H and O–H groups in total. The lowest BCUT2D eigenvalue weighted by atomic mass is 9.83. The first kappa shape index (κ1) is 14.1. The second kappa shape index (κ2) is 5.35. The average molecular weight is 310 g/mol. The Balaban J connectivity index is 2.08. The van der Waals surface area contributed by atoms with E-state index >= 15 is 0 Å². The lowest BCUT2D eigenvalue weighted by molar-refractivity contribution is 0.0453. The standard InChI is InChI=1S/C11H13Cl2NO3S/c12-9-2-1-3-10(11(9)13)18(16,17)14-6-7-4-8(15)5-7/h1-3,7-8,14-15H,4-6H2. The number of nitrogens with one attached hydrogen (secondary N) is 1. The number of aliphatic hydroxyl groups is 1. The molecule has 2 rings (SSSR count). The van der Waals surface area contributed by atoms with E-state index < -0.39 is 10.0 Å². The Labute approximate surface area is 116 Å². The van der Waals surface area contributed by atoms with Crippen LogP contribution in [0.2, 0.25) is 10.0 Å². The number of aliphatic hydroxyl groups excluding tert-OH is 1. The predicted molar refractivity (Wildman–Crippen MR) is 70.4 cm³/mol. The van der Waals surface area contributed by atoms with Crippen molar-refractivity contribution in [2.45, 2.75) is 23.8 Å². The van der Waals surface area contributed by atoms with Crippen LogP contribution >= 0.6 is 23.2 Å². The molecule has 0 aliphatic heterocycles. The van der Waals surface area contributed by atoms with Gasteiger partial charge in [0.2, 0.25) is 10.0 Å². The van der Waals surface area contributed by atoms with E-state index in [4.69, 9.17) is 28.3 Å². The summed E-state index contributed by atoms with van der Waals surface area (Å²) >= 11 is 11.7. The molecular formula is C11H13Cl2NO3S. The molecule has 1 aliphatic carbocycles. The van der Waals surface area contributed by atoms with E-state index in [1.807, 2.05) is 0 Å². The molecule has 1 saturated carbocycles. The molecule has 0 atom stereocenters. The molecule has 4 nitrogen and oxygen atoms in total.